The van der Waals surface area contributed by atoms with Crippen LogP contribution in [0.2, 0.25) is 0 Å². The van der Waals surface area contributed by atoms with Gasteiger partial charge < -0.3 is 9.84 Å². The number of methoxy groups -OCH3 is 1. The molecule has 1 aromatic heterocycles. The van der Waals surface area contributed by atoms with Gasteiger partial charge in [0.1, 0.15) is 17.0 Å². The van der Waals surface area contributed by atoms with Crippen molar-refractivity contribution in [3.63, 3.8) is 0 Å². The molecule has 0 atom stereocenters. The Morgan fingerprint density at radius 1 is 1.00 bits per heavy atom. The Morgan fingerprint density at radius 3 is 2.33 bits per heavy atom. The van der Waals surface area contributed by atoms with Gasteiger partial charge >= 0.3 is 5.97 Å². The minimum absolute atomic E-state index is 0.0760. The summed E-state index contributed by atoms with van der Waals surface area (Å²) in [4.78, 5) is 12.4. The van der Waals surface area contributed by atoms with Crippen LogP contribution < -0.4 is 4.74 Å². The molecule has 0 aliphatic heterocycles. The fourth-order valence-corrected chi connectivity index (χ4v) is 3.33. The lowest BCUT2D eigenvalue weighted by molar-refractivity contribution is 0.0698. The number of benzene rings is 3. The number of carboxylic acids is 1. The number of nitriles is 1. The quantitative estimate of drug-likeness (QED) is 0.525. The van der Waals surface area contributed by atoms with Crippen molar-refractivity contribution in [1.29, 1.82) is 5.26 Å². The zero-order valence-electron chi connectivity index (χ0n) is 16.1. The molecule has 0 aliphatic carbocycles. The highest BCUT2D eigenvalue weighted by molar-refractivity contribution is 6.02. The number of hydrogen-bond donors (Lipinski definition) is 1. The number of carbonyl (C=O) groups is 1. The van der Waals surface area contributed by atoms with Crippen molar-refractivity contribution < 1.29 is 14.6 Å². The van der Waals surface area contributed by atoms with Crippen molar-refractivity contribution in [2.75, 3.05) is 7.11 Å². The molecule has 0 aliphatic rings. The van der Waals surface area contributed by atoms with Crippen molar-refractivity contribution >= 4 is 5.97 Å². The second kappa shape index (κ2) is 7.94. The summed E-state index contributed by atoms with van der Waals surface area (Å²) >= 11 is 0. The molecule has 0 amide bonds. The van der Waals surface area contributed by atoms with Gasteiger partial charge in [-0.3, -0.25) is 0 Å². The first-order valence-corrected chi connectivity index (χ1v) is 9.19. The number of rotatable bonds is 5. The van der Waals surface area contributed by atoms with Gasteiger partial charge in [-0.2, -0.15) is 10.4 Å². The lowest BCUT2D eigenvalue weighted by atomic mass is 10.0. The van der Waals surface area contributed by atoms with Crippen LogP contribution >= 0.6 is 0 Å². The van der Waals surface area contributed by atoms with Crippen LogP contribution in [0, 0.1) is 11.3 Å². The lowest BCUT2D eigenvalue weighted by Crippen LogP contribution is -2.03. The minimum atomic E-state index is -1.09. The van der Waals surface area contributed by atoms with Crippen LogP contribution in [0.5, 0.6) is 5.75 Å². The highest BCUT2D eigenvalue weighted by atomic mass is 16.5. The van der Waals surface area contributed by atoms with Crippen LogP contribution in [0.25, 0.3) is 28.2 Å². The van der Waals surface area contributed by atoms with E-state index in [0.29, 0.717) is 34.0 Å². The minimum Gasteiger partial charge on any atom is -0.497 e. The molecular weight excluding hydrogens is 378 g/mol. The van der Waals surface area contributed by atoms with Gasteiger partial charge in [0.2, 0.25) is 0 Å². The van der Waals surface area contributed by atoms with Crippen molar-refractivity contribution in [1.82, 2.24) is 9.78 Å². The van der Waals surface area contributed by atoms with Gasteiger partial charge in [0.15, 0.2) is 0 Å². The first kappa shape index (κ1) is 19.0. The van der Waals surface area contributed by atoms with E-state index in [2.05, 4.69) is 11.2 Å². The summed E-state index contributed by atoms with van der Waals surface area (Å²) in [6, 6.07) is 25.4. The van der Waals surface area contributed by atoms with Crippen molar-refractivity contribution in [3.8, 4) is 40.0 Å². The summed E-state index contributed by atoms with van der Waals surface area (Å²) in [5.74, 6) is -0.404. The highest BCUT2D eigenvalue weighted by Crippen LogP contribution is 2.35. The molecule has 0 saturated heterocycles. The molecule has 3 aromatic carbocycles. The van der Waals surface area contributed by atoms with E-state index in [0.717, 1.165) is 5.56 Å². The van der Waals surface area contributed by atoms with Gasteiger partial charge in [-0.25, -0.2) is 9.48 Å². The zero-order valence-corrected chi connectivity index (χ0v) is 16.1. The number of aromatic nitrogens is 2. The maximum absolute atomic E-state index is 12.4. The molecule has 6 heteroatoms. The number of aromatic carboxylic acids is 1. The molecule has 0 spiro atoms. The summed E-state index contributed by atoms with van der Waals surface area (Å²) in [6.45, 7) is 0. The largest absolute Gasteiger partial charge is 0.497 e. The van der Waals surface area contributed by atoms with Crippen LogP contribution in [0.15, 0.2) is 78.9 Å². The van der Waals surface area contributed by atoms with Crippen molar-refractivity contribution in [2.24, 2.45) is 0 Å². The fraction of sp³-hybridized carbons (Fsp3) is 0.0417. The zero-order chi connectivity index (χ0) is 21.1. The van der Waals surface area contributed by atoms with E-state index < -0.39 is 5.97 Å². The summed E-state index contributed by atoms with van der Waals surface area (Å²) < 4.78 is 6.85. The Balaban J connectivity index is 2.03. The number of hydrogen-bond acceptors (Lipinski definition) is 4. The molecule has 0 fully saturated rings. The van der Waals surface area contributed by atoms with Crippen LogP contribution in [0.1, 0.15) is 15.9 Å². The number of nitrogens with zero attached hydrogens (tertiary/aromatic N) is 3. The second-order valence-electron chi connectivity index (χ2n) is 6.55. The average Bonchev–Trinajstić information content (AvgIpc) is 3.21. The van der Waals surface area contributed by atoms with Crippen LogP contribution in [0.3, 0.4) is 0 Å². The second-order valence-corrected chi connectivity index (χ2v) is 6.55. The van der Waals surface area contributed by atoms with Crippen LogP contribution in [-0.2, 0) is 0 Å². The summed E-state index contributed by atoms with van der Waals surface area (Å²) in [5.41, 5.74) is 3.26. The van der Waals surface area contributed by atoms with Crippen molar-refractivity contribution in [3.05, 3.63) is 90.0 Å². The molecule has 0 bridgehead atoms. The molecule has 1 N–H and O–H groups in total. The number of ether oxygens (including phenoxy) is 1. The molecular formula is C24H17N3O3. The smallest absolute Gasteiger partial charge is 0.340 e. The predicted molar refractivity (Wildman–Crippen MR) is 113 cm³/mol. The maximum atomic E-state index is 12.4. The Bertz CT molecular complexity index is 1250. The molecule has 0 saturated carbocycles. The lowest BCUT2D eigenvalue weighted by Gasteiger charge is -2.09. The van der Waals surface area contributed by atoms with Gasteiger partial charge in [-0.15, -0.1) is 0 Å². The number of carboxylic acid groups (broad SMARTS) is 1. The van der Waals surface area contributed by atoms with Crippen LogP contribution in [0.4, 0.5) is 0 Å². The molecule has 30 heavy (non-hydrogen) atoms. The third-order valence-corrected chi connectivity index (χ3v) is 4.73. The van der Waals surface area contributed by atoms with E-state index in [1.807, 2.05) is 42.5 Å². The molecule has 4 rings (SSSR count). The monoisotopic (exact) mass is 395 g/mol. The SMILES string of the molecule is COc1ccc(-n2nc(-c3cccc(C#N)c3)c(C(=O)O)c2-c2ccccc2)cc1. The van der Waals surface area contributed by atoms with Gasteiger partial charge in [-0.1, -0.05) is 42.5 Å². The standard InChI is InChI=1S/C24H17N3O3/c1-30-20-12-10-19(11-13-20)27-23(17-7-3-2-4-8-17)21(24(28)29)22(26-27)18-9-5-6-16(14-18)15-25/h2-14H,1H3,(H,28,29). The van der Waals surface area contributed by atoms with E-state index in [-0.39, 0.29) is 5.56 Å². The van der Waals surface area contributed by atoms with Gasteiger partial charge in [0.25, 0.3) is 0 Å². The van der Waals surface area contributed by atoms with E-state index in [4.69, 9.17) is 4.74 Å². The van der Waals surface area contributed by atoms with Gasteiger partial charge in [0.05, 0.1) is 30.1 Å². The molecule has 0 unspecified atom stereocenters. The summed E-state index contributed by atoms with van der Waals surface area (Å²) in [5, 5.41) is 24.0. The van der Waals surface area contributed by atoms with Crippen molar-refractivity contribution in [2.45, 2.75) is 0 Å². The van der Waals surface area contributed by atoms with Crippen LogP contribution in [-0.4, -0.2) is 28.0 Å². The van der Waals surface area contributed by atoms with E-state index in [1.165, 1.54) is 0 Å². The summed E-state index contributed by atoms with van der Waals surface area (Å²) in [7, 11) is 1.58. The summed E-state index contributed by atoms with van der Waals surface area (Å²) in [6.07, 6.45) is 0. The highest BCUT2D eigenvalue weighted by Gasteiger charge is 2.26. The molecule has 146 valence electrons. The molecule has 0 radical (unpaired) electrons. The first-order valence-electron chi connectivity index (χ1n) is 9.19. The first-order chi connectivity index (χ1) is 14.6. The molecule has 4 aromatic rings. The Kier molecular flexibility index (Phi) is 5.02. The van der Waals surface area contributed by atoms with E-state index in [9.17, 15) is 15.2 Å². The third kappa shape index (κ3) is 3.40. The third-order valence-electron chi connectivity index (χ3n) is 4.73. The fourth-order valence-electron chi connectivity index (χ4n) is 3.33. The average molecular weight is 395 g/mol. The molecule has 6 nitrogen and oxygen atoms in total. The van der Waals surface area contributed by atoms with E-state index >= 15 is 0 Å². The Morgan fingerprint density at radius 2 is 1.70 bits per heavy atom. The topological polar surface area (TPSA) is 88.1 Å². The predicted octanol–water partition coefficient (Wildman–Crippen LogP) is 4.78. The van der Waals surface area contributed by atoms with E-state index in [1.54, 1.807) is 48.2 Å². The Hall–Kier alpha value is -4.37. The van der Waals surface area contributed by atoms with Gasteiger partial charge in [-0.05, 0) is 36.4 Å². The normalized spacial score (nSPS) is 10.4. The Labute approximate surface area is 173 Å². The molecule has 1 heterocycles. The van der Waals surface area contributed by atoms with Gasteiger partial charge in [0, 0.05) is 11.1 Å². The maximum Gasteiger partial charge on any atom is 0.340 e.